The molecule has 0 heterocycles. The number of sulfonamides is 1. The SMILES string of the molecule is CCN(CC)C(=O)CN(c1cc(Cl)cc(Cl)c1)S(=O)(=O)c1ccc(C)cc1. The first-order valence-corrected chi connectivity index (χ1v) is 10.7. The number of halogens is 2. The van der Waals surface area contributed by atoms with E-state index in [1.165, 1.54) is 30.3 Å². The van der Waals surface area contributed by atoms with E-state index in [0.29, 0.717) is 13.1 Å². The molecule has 0 aliphatic carbocycles. The van der Waals surface area contributed by atoms with Gasteiger partial charge in [-0.2, -0.15) is 0 Å². The van der Waals surface area contributed by atoms with Gasteiger partial charge in [-0.1, -0.05) is 40.9 Å². The number of anilines is 1. The first-order valence-electron chi connectivity index (χ1n) is 8.52. The zero-order valence-corrected chi connectivity index (χ0v) is 17.8. The number of nitrogens with zero attached hydrogens (tertiary/aromatic N) is 2. The Morgan fingerprint density at radius 2 is 1.48 bits per heavy atom. The fourth-order valence-electron chi connectivity index (χ4n) is 2.63. The van der Waals surface area contributed by atoms with Gasteiger partial charge in [-0.15, -0.1) is 0 Å². The Kier molecular flexibility index (Phi) is 7.14. The van der Waals surface area contributed by atoms with E-state index >= 15 is 0 Å². The van der Waals surface area contributed by atoms with E-state index in [1.807, 2.05) is 20.8 Å². The molecule has 0 saturated carbocycles. The molecular weight excluding hydrogens is 407 g/mol. The molecule has 5 nitrogen and oxygen atoms in total. The summed E-state index contributed by atoms with van der Waals surface area (Å²) in [6.45, 7) is 6.20. The van der Waals surface area contributed by atoms with Gasteiger partial charge in [-0.3, -0.25) is 9.10 Å². The molecule has 2 rings (SSSR count). The van der Waals surface area contributed by atoms with Gasteiger partial charge in [0.15, 0.2) is 0 Å². The van der Waals surface area contributed by atoms with Crippen LogP contribution in [-0.2, 0) is 14.8 Å². The van der Waals surface area contributed by atoms with Crippen molar-refractivity contribution in [3.63, 3.8) is 0 Å². The molecule has 146 valence electrons. The summed E-state index contributed by atoms with van der Waals surface area (Å²) in [6.07, 6.45) is 0. The summed E-state index contributed by atoms with van der Waals surface area (Å²) in [5.41, 5.74) is 1.18. The standard InChI is InChI=1S/C19H22Cl2N2O3S/c1-4-22(5-2)19(24)13-23(17-11-15(20)10-16(21)12-17)27(25,26)18-8-6-14(3)7-9-18/h6-12H,4-5,13H2,1-3H3. The van der Waals surface area contributed by atoms with E-state index in [2.05, 4.69) is 0 Å². The number of rotatable bonds is 7. The van der Waals surface area contributed by atoms with Crippen LogP contribution in [0.3, 0.4) is 0 Å². The predicted octanol–water partition coefficient (Wildman–Crippen LogP) is 4.37. The summed E-state index contributed by atoms with van der Waals surface area (Å²) < 4.78 is 27.6. The van der Waals surface area contributed by atoms with E-state index in [0.717, 1.165) is 9.87 Å². The van der Waals surface area contributed by atoms with E-state index < -0.39 is 10.0 Å². The van der Waals surface area contributed by atoms with Crippen LogP contribution in [0.2, 0.25) is 10.0 Å². The van der Waals surface area contributed by atoms with Crippen LogP contribution in [0.5, 0.6) is 0 Å². The van der Waals surface area contributed by atoms with Gasteiger partial charge in [-0.25, -0.2) is 8.42 Å². The van der Waals surface area contributed by atoms with Crippen molar-refractivity contribution in [2.24, 2.45) is 0 Å². The quantitative estimate of drug-likeness (QED) is 0.657. The second-order valence-electron chi connectivity index (χ2n) is 6.02. The molecule has 0 saturated heterocycles. The van der Waals surface area contributed by atoms with Crippen LogP contribution in [0, 0.1) is 6.92 Å². The minimum atomic E-state index is -3.98. The second-order valence-corrected chi connectivity index (χ2v) is 8.75. The molecule has 0 atom stereocenters. The van der Waals surface area contributed by atoms with Crippen LogP contribution in [0.1, 0.15) is 19.4 Å². The highest BCUT2D eigenvalue weighted by atomic mass is 35.5. The largest absolute Gasteiger partial charge is 0.342 e. The highest BCUT2D eigenvalue weighted by molar-refractivity contribution is 7.92. The molecule has 0 spiro atoms. The predicted molar refractivity (Wildman–Crippen MR) is 110 cm³/mol. The summed E-state index contributed by atoms with van der Waals surface area (Å²) in [6, 6.07) is 10.9. The second kappa shape index (κ2) is 8.95. The molecular formula is C19H22Cl2N2O3S. The summed E-state index contributed by atoms with van der Waals surface area (Å²) >= 11 is 12.1. The van der Waals surface area contributed by atoms with E-state index in [-0.39, 0.29) is 33.1 Å². The van der Waals surface area contributed by atoms with E-state index in [4.69, 9.17) is 23.2 Å². The molecule has 0 bridgehead atoms. The lowest BCUT2D eigenvalue weighted by Crippen LogP contribution is -2.43. The zero-order chi connectivity index (χ0) is 20.2. The van der Waals surface area contributed by atoms with Crippen molar-refractivity contribution in [1.29, 1.82) is 0 Å². The highest BCUT2D eigenvalue weighted by Crippen LogP contribution is 2.30. The molecule has 0 N–H and O–H groups in total. The van der Waals surface area contributed by atoms with Gasteiger partial charge in [0.2, 0.25) is 5.91 Å². The monoisotopic (exact) mass is 428 g/mol. The number of hydrogen-bond donors (Lipinski definition) is 0. The van der Waals surface area contributed by atoms with Crippen LogP contribution in [0.4, 0.5) is 5.69 Å². The first kappa shape index (κ1) is 21.5. The van der Waals surface area contributed by atoms with Gasteiger partial charge in [0.1, 0.15) is 6.54 Å². The number of carbonyl (C=O) groups excluding carboxylic acids is 1. The van der Waals surface area contributed by atoms with Crippen molar-refractivity contribution in [3.8, 4) is 0 Å². The van der Waals surface area contributed by atoms with Crippen LogP contribution >= 0.6 is 23.2 Å². The lowest BCUT2D eigenvalue weighted by molar-refractivity contribution is -0.129. The summed E-state index contributed by atoms with van der Waals surface area (Å²) in [5.74, 6) is -0.299. The molecule has 2 aromatic carbocycles. The number of carbonyl (C=O) groups is 1. The number of aryl methyl sites for hydroxylation is 1. The van der Waals surface area contributed by atoms with Crippen LogP contribution in [0.25, 0.3) is 0 Å². The Bertz CT molecular complexity index is 891. The van der Waals surface area contributed by atoms with Crippen LogP contribution in [0.15, 0.2) is 47.4 Å². The third kappa shape index (κ3) is 5.15. The number of amides is 1. The zero-order valence-electron chi connectivity index (χ0n) is 15.4. The Morgan fingerprint density at radius 1 is 0.963 bits per heavy atom. The van der Waals surface area contributed by atoms with Crippen molar-refractivity contribution in [2.75, 3.05) is 23.9 Å². The molecule has 0 aliphatic heterocycles. The molecule has 0 fully saturated rings. The summed E-state index contributed by atoms with van der Waals surface area (Å²) in [4.78, 5) is 14.3. The maximum Gasteiger partial charge on any atom is 0.264 e. The van der Waals surface area contributed by atoms with Gasteiger partial charge in [-0.05, 0) is 51.1 Å². The molecule has 8 heteroatoms. The maximum atomic E-state index is 13.3. The molecule has 1 amide bonds. The Morgan fingerprint density at radius 3 is 1.96 bits per heavy atom. The number of likely N-dealkylation sites (N-methyl/N-ethyl adjacent to an activating group) is 1. The molecule has 0 aromatic heterocycles. The maximum absolute atomic E-state index is 13.3. The van der Waals surface area contributed by atoms with E-state index in [9.17, 15) is 13.2 Å². The topological polar surface area (TPSA) is 57.7 Å². The van der Waals surface area contributed by atoms with Crippen molar-refractivity contribution in [1.82, 2.24) is 4.90 Å². The summed E-state index contributed by atoms with van der Waals surface area (Å²) in [7, 11) is -3.98. The number of benzene rings is 2. The Balaban J connectivity index is 2.54. The third-order valence-electron chi connectivity index (χ3n) is 4.14. The smallest absolute Gasteiger partial charge is 0.264 e. The van der Waals surface area contributed by atoms with Gasteiger partial charge in [0, 0.05) is 23.1 Å². The molecule has 0 radical (unpaired) electrons. The lowest BCUT2D eigenvalue weighted by Gasteiger charge is -2.27. The normalized spacial score (nSPS) is 11.3. The van der Waals surface area contributed by atoms with Crippen molar-refractivity contribution in [3.05, 3.63) is 58.1 Å². The van der Waals surface area contributed by atoms with Crippen molar-refractivity contribution < 1.29 is 13.2 Å². The summed E-state index contributed by atoms with van der Waals surface area (Å²) in [5, 5.41) is 0.578. The average Bonchev–Trinajstić information content (AvgIpc) is 2.60. The Hall–Kier alpha value is -1.76. The highest BCUT2D eigenvalue weighted by Gasteiger charge is 2.29. The van der Waals surface area contributed by atoms with Crippen molar-refractivity contribution >= 4 is 44.8 Å². The minimum Gasteiger partial charge on any atom is -0.342 e. The molecule has 27 heavy (non-hydrogen) atoms. The van der Waals surface area contributed by atoms with Crippen LogP contribution in [-0.4, -0.2) is 38.9 Å². The van der Waals surface area contributed by atoms with Gasteiger partial charge >= 0.3 is 0 Å². The number of hydrogen-bond acceptors (Lipinski definition) is 3. The lowest BCUT2D eigenvalue weighted by atomic mass is 10.2. The van der Waals surface area contributed by atoms with Crippen molar-refractivity contribution in [2.45, 2.75) is 25.7 Å². The molecule has 0 aliphatic rings. The fraction of sp³-hybridized carbons (Fsp3) is 0.316. The van der Waals surface area contributed by atoms with E-state index in [1.54, 1.807) is 17.0 Å². The first-order chi connectivity index (χ1) is 12.7. The minimum absolute atomic E-state index is 0.0940. The van der Waals surface area contributed by atoms with Gasteiger partial charge in [0.05, 0.1) is 10.6 Å². The fourth-order valence-corrected chi connectivity index (χ4v) is 4.55. The third-order valence-corrected chi connectivity index (χ3v) is 6.36. The van der Waals surface area contributed by atoms with Gasteiger partial charge in [0.25, 0.3) is 10.0 Å². The Labute approximate surface area is 170 Å². The van der Waals surface area contributed by atoms with Crippen LogP contribution < -0.4 is 4.31 Å². The molecule has 0 unspecified atom stereocenters. The van der Waals surface area contributed by atoms with Gasteiger partial charge < -0.3 is 4.90 Å². The average molecular weight is 429 g/mol. The molecule has 2 aromatic rings.